The molecule has 21 heavy (non-hydrogen) atoms. The van der Waals surface area contributed by atoms with Gasteiger partial charge in [0.2, 0.25) is 5.91 Å². The number of Topliss-reactive ketones (excluding diaryl/α,β-unsaturated/α-hetero) is 1. The summed E-state index contributed by atoms with van der Waals surface area (Å²) in [6, 6.07) is 3.44. The Hall–Kier alpha value is -2.22. The fourth-order valence-corrected chi connectivity index (χ4v) is 2.01. The van der Waals surface area contributed by atoms with Gasteiger partial charge in [-0.2, -0.15) is 0 Å². The molecule has 8 heteroatoms. The van der Waals surface area contributed by atoms with Crippen LogP contribution in [0, 0.1) is 0 Å². The molecule has 0 atom stereocenters. The summed E-state index contributed by atoms with van der Waals surface area (Å²) < 4.78 is 4.71. The van der Waals surface area contributed by atoms with E-state index in [-0.39, 0.29) is 31.1 Å². The lowest BCUT2D eigenvalue weighted by molar-refractivity contribution is -0.148. The summed E-state index contributed by atoms with van der Waals surface area (Å²) in [5.41, 5.74) is 0. The molecule has 0 aromatic carbocycles. The molecule has 0 aliphatic heterocycles. The van der Waals surface area contributed by atoms with Crippen molar-refractivity contribution < 1.29 is 23.9 Å². The summed E-state index contributed by atoms with van der Waals surface area (Å²) >= 11 is 1.31. The molecule has 1 heterocycles. The van der Waals surface area contributed by atoms with Crippen LogP contribution in [-0.4, -0.2) is 43.8 Å². The molecule has 0 aliphatic rings. The van der Waals surface area contributed by atoms with E-state index >= 15 is 0 Å². The van der Waals surface area contributed by atoms with Gasteiger partial charge in [0.25, 0.3) is 5.91 Å². The summed E-state index contributed by atoms with van der Waals surface area (Å²) in [4.78, 5) is 45.7. The number of esters is 1. The molecule has 0 fully saturated rings. The van der Waals surface area contributed by atoms with Crippen LogP contribution in [0.1, 0.15) is 22.5 Å². The van der Waals surface area contributed by atoms with Crippen LogP contribution in [0.2, 0.25) is 0 Å². The molecular weight excluding hydrogens is 296 g/mol. The molecule has 7 nitrogen and oxygen atoms in total. The highest BCUT2D eigenvalue weighted by atomic mass is 32.1. The van der Waals surface area contributed by atoms with Gasteiger partial charge in [-0.05, 0) is 11.4 Å². The molecule has 0 saturated heterocycles. The van der Waals surface area contributed by atoms with Crippen LogP contribution in [0.15, 0.2) is 17.5 Å². The van der Waals surface area contributed by atoms with Crippen molar-refractivity contribution in [2.24, 2.45) is 0 Å². The maximum Gasteiger partial charge on any atom is 0.306 e. The zero-order valence-electron chi connectivity index (χ0n) is 11.5. The van der Waals surface area contributed by atoms with Gasteiger partial charge in [-0.1, -0.05) is 6.07 Å². The maximum absolute atomic E-state index is 11.6. The van der Waals surface area contributed by atoms with E-state index in [4.69, 9.17) is 4.74 Å². The number of ketones is 1. The molecule has 0 aliphatic carbocycles. The molecule has 0 bridgehead atoms. The summed E-state index contributed by atoms with van der Waals surface area (Å²) in [7, 11) is 1.44. The lowest BCUT2D eigenvalue weighted by Crippen LogP contribution is -2.37. The Labute approximate surface area is 125 Å². The summed E-state index contributed by atoms with van der Waals surface area (Å²) in [6.45, 7) is -0.646. The molecule has 1 aromatic rings. The number of amides is 2. The number of carbonyl (C=O) groups excluding carboxylic acids is 4. The van der Waals surface area contributed by atoms with Crippen LogP contribution in [0.3, 0.4) is 0 Å². The van der Waals surface area contributed by atoms with Crippen molar-refractivity contribution in [1.29, 1.82) is 0 Å². The van der Waals surface area contributed by atoms with E-state index in [1.54, 1.807) is 17.5 Å². The first-order valence-electron chi connectivity index (χ1n) is 6.22. The second-order valence-corrected chi connectivity index (χ2v) is 4.96. The number of ether oxygens (including phenoxy) is 1. The molecule has 114 valence electrons. The van der Waals surface area contributed by atoms with Crippen molar-refractivity contribution in [3.8, 4) is 0 Å². The number of hydrogen-bond donors (Lipinski definition) is 2. The third-order valence-electron chi connectivity index (χ3n) is 2.44. The van der Waals surface area contributed by atoms with Gasteiger partial charge in [0.05, 0.1) is 17.8 Å². The minimum Gasteiger partial charge on any atom is -0.456 e. The van der Waals surface area contributed by atoms with Crippen LogP contribution in [-0.2, 0) is 19.1 Å². The second kappa shape index (κ2) is 8.85. The van der Waals surface area contributed by atoms with Crippen LogP contribution in [0.5, 0.6) is 0 Å². The summed E-state index contributed by atoms with van der Waals surface area (Å²) in [6.07, 6.45) is -0.0430. The van der Waals surface area contributed by atoms with Gasteiger partial charge in [-0.25, -0.2) is 0 Å². The van der Waals surface area contributed by atoms with Crippen LogP contribution in [0.25, 0.3) is 0 Å². The Kier molecular flexibility index (Phi) is 7.10. The van der Waals surface area contributed by atoms with E-state index in [0.29, 0.717) is 4.88 Å². The predicted octanol–water partition coefficient (Wildman–Crippen LogP) is 0.116. The minimum atomic E-state index is -0.630. The van der Waals surface area contributed by atoms with Gasteiger partial charge >= 0.3 is 5.97 Å². The van der Waals surface area contributed by atoms with E-state index in [9.17, 15) is 19.2 Å². The second-order valence-electron chi connectivity index (χ2n) is 4.01. The number of nitrogens with one attached hydrogen (secondary N) is 2. The molecule has 1 rings (SSSR count). The third-order valence-corrected chi connectivity index (χ3v) is 3.35. The monoisotopic (exact) mass is 312 g/mol. The number of rotatable bonds is 8. The first kappa shape index (κ1) is 16.8. The van der Waals surface area contributed by atoms with E-state index in [2.05, 4.69) is 10.6 Å². The van der Waals surface area contributed by atoms with Crippen molar-refractivity contribution in [2.75, 3.05) is 20.2 Å². The maximum atomic E-state index is 11.6. The molecule has 2 N–H and O–H groups in total. The third kappa shape index (κ3) is 6.66. The molecule has 0 unspecified atom stereocenters. The number of likely N-dealkylation sites (N-methyl/N-ethyl adjacent to an activating group) is 1. The average Bonchev–Trinajstić information content (AvgIpc) is 3.02. The molecular formula is C13H16N2O5S. The molecule has 2 amide bonds. The van der Waals surface area contributed by atoms with Crippen molar-refractivity contribution in [1.82, 2.24) is 10.6 Å². The van der Waals surface area contributed by atoms with Crippen molar-refractivity contribution in [3.63, 3.8) is 0 Å². The number of carbonyl (C=O) groups is 4. The van der Waals surface area contributed by atoms with Gasteiger partial charge in [0, 0.05) is 13.5 Å². The van der Waals surface area contributed by atoms with Gasteiger partial charge in [0.15, 0.2) is 12.4 Å². The Balaban J connectivity index is 2.18. The van der Waals surface area contributed by atoms with Gasteiger partial charge in [0.1, 0.15) is 0 Å². The standard InChI is InChI=1S/C13H16N2O5S/c1-14-11(17)7-15-12(18)8-20-13(19)5-4-9(16)10-3-2-6-21-10/h2-3,6H,4-5,7-8H2,1H3,(H,14,17)(H,15,18). The fourth-order valence-electron chi connectivity index (χ4n) is 1.31. The largest absolute Gasteiger partial charge is 0.456 e. The zero-order valence-corrected chi connectivity index (χ0v) is 12.3. The highest BCUT2D eigenvalue weighted by Crippen LogP contribution is 2.12. The van der Waals surface area contributed by atoms with Crippen molar-refractivity contribution in [2.45, 2.75) is 12.8 Å². The fraction of sp³-hybridized carbons (Fsp3) is 0.385. The number of thiophene rings is 1. The Morgan fingerprint density at radius 3 is 2.57 bits per heavy atom. The highest BCUT2D eigenvalue weighted by molar-refractivity contribution is 7.12. The predicted molar refractivity (Wildman–Crippen MR) is 75.9 cm³/mol. The summed E-state index contributed by atoms with van der Waals surface area (Å²) in [5.74, 6) is -1.69. The molecule has 0 radical (unpaired) electrons. The highest BCUT2D eigenvalue weighted by Gasteiger charge is 2.12. The van der Waals surface area contributed by atoms with Gasteiger partial charge in [-0.3, -0.25) is 19.2 Å². The Morgan fingerprint density at radius 1 is 1.19 bits per heavy atom. The topological polar surface area (TPSA) is 102 Å². The Morgan fingerprint density at radius 2 is 1.95 bits per heavy atom. The smallest absolute Gasteiger partial charge is 0.306 e. The van der Waals surface area contributed by atoms with Gasteiger partial charge < -0.3 is 15.4 Å². The van der Waals surface area contributed by atoms with Crippen molar-refractivity contribution in [3.05, 3.63) is 22.4 Å². The van der Waals surface area contributed by atoms with E-state index < -0.39 is 18.5 Å². The normalized spacial score (nSPS) is 9.76. The van der Waals surface area contributed by atoms with Crippen molar-refractivity contribution >= 4 is 34.9 Å². The van der Waals surface area contributed by atoms with Gasteiger partial charge in [-0.15, -0.1) is 11.3 Å². The first-order chi connectivity index (χ1) is 10.0. The lowest BCUT2D eigenvalue weighted by Gasteiger charge is -2.05. The van der Waals surface area contributed by atoms with Crippen LogP contribution < -0.4 is 10.6 Å². The molecule has 0 spiro atoms. The van der Waals surface area contributed by atoms with E-state index in [0.717, 1.165) is 0 Å². The average molecular weight is 312 g/mol. The SMILES string of the molecule is CNC(=O)CNC(=O)COC(=O)CCC(=O)c1cccs1. The zero-order chi connectivity index (χ0) is 15.7. The quantitative estimate of drug-likeness (QED) is 0.524. The lowest BCUT2D eigenvalue weighted by atomic mass is 10.2. The summed E-state index contributed by atoms with van der Waals surface area (Å²) in [5, 5.41) is 6.40. The molecule has 1 aromatic heterocycles. The van der Waals surface area contributed by atoms with Crippen LogP contribution >= 0.6 is 11.3 Å². The molecule has 0 saturated carbocycles. The Bertz CT molecular complexity index is 513. The van der Waals surface area contributed by atoms with E-state index in [1.807, 2.05) is 0 Å². The first-order valence-corrected chi connectivity index (χ1v) is 7.10. The van der Waals surface area contributed by atoms with Crippen LogP contribution in [0.4, 0.5) is 0 Å². The minimum absolute atomic E-state index is 0.0409. The van der Waals surface area contributed by atoms with E-state index in [1.165, 1.54) is 18.4 Å². The number of hydrogen-bond acceptors (Lipinski definition) is 6.